The third-order valence-electron chi connectivity index (χ3n) is 7.34. The lowest BCUT2D eigenvalue weighted by Gasteiger charge is -2.27. The summed E-state index contributed by atoms with van der Waals surface area (Å²) in [5.74, 6) is -0.850. The van der Waals surface area contributed by atoms with E-state index in [1.54, 1.807) is 4.90 Å². The molecule has 2 N–H and O–H groups in total. The largest absolute Gasteiger partial charge is 0.481 e. The standard InChI is InChI=1S/C28H34N2O5/c1-2-30(16-8-15-26(31)32)27(33)20-14-7-9-19(20)17-29-28(34)35-18-25-23-12-5-3-10-21(23)22-11-4-6-13-24(22)25/h3-6,10-13,19-20,25H,2,7-9,14-18H2,1H3,(H,29,34)(H,31,32). The zero-order valence-electron chi connectivity index (χ0n) is 20.2. The Morgan fingerprint density at radius 3 is 2.31 bits per heavy atom. The van der Waals surface area contributed by atoms with Gasteiger partial charge in [-0.2, -0.15) is 0 Å². The molecule has 2 aliphatic rings. The predicted molar refractivity (Wildman–Crippen MR) is 133 cm³/mol. The smallest absolute Gasteiger partial charge is 0.407 e. The highest BCUT2D eigenvalue weighted by Crippen LogP contribution is 2.44. The van der Waals surface area contributed by atoms with Gasteiger partial charge in [-0.1, -0.05) is 55.0 Å². The molecule has 0 aromatic heterocycles. The minimum absolute atomic E-state index is 0.0119. The van der Waals surface area contributed by atoms with E-state index in [1.807, 2.05) is 31.2 Å². The Labute approximate surface area is 206 Å². The molecule has 2 amide bonds. The number of alkyl carbamates (subject to hydrolysis) is 1. The number of nitrogens with zero attached hydrogens (tertiary/aromatic N) is 1. The van der Waals surface area contributed by atoms with Crippen LogP contribution in [0.4, 0.5) is 4.79 Å². The summed E-state index contributed by atoms with van der Waals surface area (Å²) in [6.07, 6.45) is 2.67. The van der Waals surface area contributed by atoms with Gasteiger partial charge in [-0.25, -0.2) is 4.79 Å². The highest BCUT2D eigenvalue weighted by molar-refractivity contribution is 5.80. The first kappa shape index (κ1) is 24.8. The van der Waals surface area contributed by atoms with Crippen molar-refractivity contribution in [2.45, 2.75) is 44.9 Å². The molecule has 0 radical (unpaired) electrons. The highest BCUT2D eigenvalue weighted by Gasteiger charge is 2.35. The third kappa shape index (κ3) is 5.66. The number of carboxylic acids is 1. The fraction of sp³-hybridized carbons (Fsp3) is 0.464. The lowest BCUT2D eigenvalue weighted by molar-refractivity contribution is -0.139. The van der Waals surface area contributed by atoms with Gasteiger partial charge in [0.25, 0.3) is 0 Å². The number of carbonyl (C=O) groups excluding carboxylic acids is 2. The van der Waals surface area contributed by atoms with Gasteiger partial charge in [-0.05, 0) is 54.4 Å². The third-order valence-corrected chi connectivity index (χ3v) is 7.34. The number of amides is 2. The zero-order valence-corrected chi connectivity index (χ0v) is 20.2. The molecule has 0 heterocycles. The van der Waals surface area contributed by atoms with E-state index < -0.39 is 12.1 Å². The van der Waals surface area contributed by atoms with Crippen LogP contribution in [0.3, 0.4) is 0 Å². The number of ether oxygens (including phenoxy) is 1. The van der Waals surface area contributed by atoms with Crippen LogP contribution in [0.5, 0.6) is 0 Å². The molecule has 0 spiro atoms. The van der Waals surface area contributed by atoms with E-state index in [2.05, 4.69) is 29.6 Å². The molecule has 2 atom stereocenters. The zero-order chi connectivity index (χ0) is 24.8. The van der Waals surface area contributed by atoms with Gasteiger partial charge in [0.1, 0.15) is 6.61 Å². The monoisotopic (exact) mass is 478 g/mol. The maximum atomic E-state index is 13.1. The van der Waals surface area contributed by atoms with Crippen molar-refractivity contribution in [3.8, 4) is 11.1 Å². The van der Waals surface area contributed by atoms with E-state index in [-0.39, 0.29) is 36.7 Å². The van der Waals surface area contributed by atoms with Crippen molar-refractivity contribution in [2.75, 3.05) is 26.2 Å². The number of rotatable bonds is 10. The van der Waals surface area contributed by atoms with Crippen LogP contribution in [0.25, 0.3) is 11.1 Å². The predicted octanol–water partition coefficient (Wildman–Crippen LogP) is 4.65. The van der Waals surface area contributed by atoms with Crippen LogP contribution >= 0.6 is 0 Å². The molecule has 4 rings (SSSR count). The molecular weight excluding hydrogens is 444 g/mol. The molecule has 2 aromatic carbocycles. The Balaban J connectivity index is 1.29. The first-order valence-corrected chi connectivity index (χ1v) is 12.6. The van der Waals surface area contributed by atoms with Crippen LogP contribution < -0.4 is 5.32 Å². The fourth-order valence-corrected chi connectivity index (χ4v) is 5.55. The van der Waals surface area contributed by atoms with E-state index in [0.29, 0.717) is 26.1 Å². The van der Waals surface area contributed by atoms with Gasteiger partial charge in [-0.15, -0.1) is 0 Å². The van der Waals surface area contributed by atoms with E-state index in [4.69, 9.17) is 9.84 Å². The van der Waals surface area contributed by atoms with Crippen LogP contribution in [0.15, 0.2) is 48.5 Å². The topological polar surface area (TPSA) is 95.9 Å². The van der Waals surface area contributed by atoms with Gasteiger partial charge in [0.2, 0.25) is 5.91 Å². The van der Waals surface area contributed by atoms with Crippen molar-refractivity contribution in [3.63, 3.8) is 0 Å². The SMILES string of the molecule is CCN(CCCC(=O)O)C(=O)C1CCCC1CNC(=O)OCC1c2ccccc2-c2ccccc21. The van der Waals surface area contributed by atoms with Gasteiger partial charge >= 0.3 is 12.1 Å². The molecule has 1 saturated carbocycles. The lowest BCUT2D eigenvalue weighted by atomic mass is 9.94. The molecule has 0 bridgehead atoms. The van der Waals surface area contributed by atoms with E-state index in [1.165, 1.54) is 22.3 Å². The minimum atomic E-state index is -0.848. The van der Waals surface area contributed by atoms with Crippen LogP contribution in [0.1, 0.15) is 56.1 Å². The van der Waals surface area contributed by atoms with Crippen molar-refractivity contribution >= 4 is 18.0 Å². The number of benzene rings is 2. The molecule has 2 unspecified atom stereocenters. The summed E-state index contributed by atoms with van der Waals surface area (Å²) in [5.41, 5.74) is 4.72. The second-order valence-corrected chi connectivity index (χ2v) is 9.42. The summed E-state index contributed by atoms with van der Waals surface area (Å²) < 4.78 is 5.64. The van der Waals surface area contributed by atoms with Gasteiger partial charge in [0, 0.05) is 37.9 Å². The first-order valence-electron chi connectivity index (χ1n) is 12.6. The van der Waals surface area contributed by atoms with Crippen molar-refractivity contribution < 1.29 is 24.2 Å². The second-order valence-electron chi connectivity index (χ2n) is 9.42. The number of hydrogen-bond donors (Lipinski definition) is 2. The number of fused-ring (bicyclic) bond motifs is 3. The number of carbonyl (C=O) groups is 3. The first-order chi connectivity index (χ1) is 17.0. The number of aliphatic carboxylic acids is 1. The van der Waals surface area contributed by atoms with Crippen molar-refractivity contribution in [1.29, 1.82) is 0 Å². The summed E-state index contributed by atoms with van der Waals surface area (Å²) in [6.45, 7) is 3.59. The Hall–Kier alpha value is -3.35. The molecule has 7 heteroatoms. The molecule has 1 fully saturated rings. The Morgan fingerprint density at radius 2 is 1.69 bits per heavy atom. The summed E-state index contributed by atoms with van der Waals surface area (Å²) in [7, 11) is 0. The average Bonchev–Trinajstić information content (AvgIpc) is 3.46. The normalized spacial score (nSPS) is 18.5. The fourth-order valence-electron chi connectivity index (χ4n) is 5.55. The number of carboxylic acid groups (broad SMARTS) is 1. The minimum Gasteiger partial charge on any atom is -0.481 e. The molecule has 7 nitrogen and oxygen atoms in total. The van der Waals surface area contributed by atoms with Gasteiger partial charge in [0.05, 0.1) is 0 Å². The van der Waals surface area contributed by atoms with Crippen LogP contribution in [0, 0.1) is 11.8 Å². The highest BCUT2D eigenvalue weighted by atomic mass is 16.5. The Morgan fingerprint density at radius 1 is 1.03 bits per heavy atom. The summed E-state index contributed by atoms with van der Waals surface area (Å²) in [4.78, 5) is 38.2. The molecule has 2 aromatic rings. The average molecular weight is 479 g/mol. The summed E-state index contributed by atoms with van der Waals surface area (Å²) in [6, 6.07) is 16.5. The molecule has 2 aliphatic carbocycles. The van der Waals surface area contributed by atoms with E-state index >= 15 is 0 Å². The van der Waals surface area contributed by atoms with Gasteiger partial charge in [-0.3, -0.25) is 9.59 Å². The van der Waals surface area contributed by atoms with Crippen molar-refractivity contribution in [1.82, 2.24) is 10.2 Å². The second kappa shape index (κ2) is 11.4. The summed E-state index contributed by atoms with van der Waals surface area (Å²) in [5, 5.41) is 11.8. The van der Waals surface area contributed by atoms with Gasteiger partial charge < -0.3 is 20.1 Å². The van der Waals surface area contributed by atoms with Crippen LogP contribution in [-0.4, -0.2) is 54.2 Å². The van der Waals surface area contributed by atoms with Crippen LogP contribution in [0.2, 0.25) is 0 Å². The van der Waals surface area contributed by atoms with E-state index in [9.17, 15) is 14.4 Å². The molecule has 0 saturated heterocycles. The van der Waals surface area contributed by atoms with Crippen molar-refractivity contribution in [3.05, 3.63) is 59.7 Å². The maximum absolute atomic E-state index is 13.1. The Bertz CT molecular complexity index is 1020. The Kier molecular flexibility index (Phi) is 8.06. The lowest BCUT2D eigenvalue weighted by Crippen LogP contribution is -2.41. The van der Waals surface area contributed by atoms with Crippen molar-refractivity contribution in [2.24, 2.45) is 11.8 Å². The number of hydrogen-bond acceptors (Lipinski definition) is 4. The quantitative estimate of drug-likeness (QED) is 0.518. The van der Waals surface area contributed by atoms with Crippen LogP contribution in [-0.2, 0) is 14.3 Å². The summed E-state index contributed by atoms with van der Waals surface area (Å²) >= 11 is 0. The van der Waals surface area contributed by atoms with E-state index in [0.717, 1.165) is 19.3 Å². The maximum Gasteiger partial charge on any atom is 0.407 e. The van der Waals surface area contributed by atoms with Gasteiger partial charge in [0.15, 0.2) is 0 Å². The number of nitrogens with one attached hydrogen (secondary N) is 1. The molecule has 186 valence electrons. The molecule has 35 heavy (non-hydrogen) atoms. The molecular formula is C28H34N2O5. The molecule has 0 aliphatic heterocycles.